The number of oxazole rings is 1. The van der Waals surface area contributed by atoms with E-state index in [1.807, 2.05) is 18.2 Å². The molecule has 1 aromatic heterocycles. The van der Waals surface area contributed by atoms with Crippen LogP contribution in [-0.4, -0.2) is 80.5 Å². The lowest BCUT2D eigenvalue weighted by Gasteiger charge is -2.39. The molecule has 0 spiro atoms. The van der Waals surface area contributed by atoms with Crippen LogP contribution >= 0.6 is 23.2 Å². The van der Waals surface area contributed by atoms with Crippen molar-refractivity contribution < 1.29 is 35.2 Å². The third-order valence-electron chi connectivity index (χ3n) is 8.09. The summed E-state index contributed by atoms with van der Waals surface area (Å²) >= 11 is 12.5. The summed E-state index contributed by atoms with van der Waals surface area (Å²) < 4.78 is 67.7. The molecule has 1 saturated heterocycles. The molecule has 1 aliphatic heterocycles. The highest BCUT2D eigenvalue weighted by Crippen LogP contribution is 2.34. The van der Waals surface area contributed by atoms with Crippen LogP contribution in [0.4, 0.5) is 5.69 Å². The van der Waals surface area contributed by atoms with E-state index in [9.17, 15) is 21.6 Å². The average Bonchev–Trinajstić information content (AvgIpc) is 3.54. The zero-order valence-corrected chi connectivity index (χ0v) is 27.6. The first-order chi connectivity index (χ1) is 21.8. The van der Waals surface area contributed by atoms with Crippen LogP contribution in [0.2, 0.25) is 10.0 Å². The number of carbonyl (C=O) groups is 1. The Morgan fingerprint density at radius 3 is 2.02 bits per heavy atom. The first-order valence-corrected chi connectivity index (χ1v) is 18.0. The maximum atomic E-state index is 11.9. The largest absolute Gasteiger partial charge is 0.441 e. The van der Waals surface area contributed by atoms with Gasteiger partial charge in [-0.1, -0.05) is 53.5 Å². The summed E-state index contributed by atoms with van der Waals surface area (Å²) in [7, 11) is -8.94. The van der Waals surface area contributed by atoms with Gasteiger partial charge in [0, 0.05) is 43.0 Å². The van der Waals surface area contributed by atoms with Gasteiger partial charge < -0.3 is 14.6 Å². The Labute approximate surface area is 276 Å². The van der Waals surface area contributed by atoms with Gasteiger partial charge >= 0.3 is 5.91 Å². The highest BCUT2D eigenvalue weighted by Gasteiger charge is 2.31. The number of benzene rings is 3. The standard InChI is InChI=1S/C20H24Cl2N4O2.C10H8O6S2/c21-16-2-1-3-17(18(16)22)26-9-7-25(8-10-26)6-4-14-12-15(13-14)24-19(27)20-23-5-11-28-20;11-17(12,13)9-5-1-3-7-8(9)4-2-6-10(7)18(14,15)16/h1-3,5,11,14-15H,4,6-10,12-13H2,(H,24,27);1-6H,(H,11,12,13)(H,14,15,16)/t14-,15-;. The highest BCUT2D eigenvalue weighted by molar-refractivity contribution is 7.86. The molecule has 3 aromatic carbocycles. The molecule has 1 aliphatic carbocycles. The highest BCUT2D eigenvalue weighted by atomic mass is 35.5. The molecule has 46 heavy (non-hydrogen) atoms. The van der Waals surface area contributed by atoms with Gasteiger partial charge in [-0.25, -0.2) is 4.98 Å². The Morgan fingerprint density at radius 2 is 1.48 bits per heavy atom. The predicted molar refractivity (Wildman–Crippen MR) is 174 cm³/mol. The SMILES string of the molecule is O=C(N[C@H]1C[C@H](CCN2CCN(c3cccc(Cl)c3Cl)CC2)C1)c1ncco1.O=S(=O)(O)c1cccc2c(S(=O)(=O)O)cccc12. The Bertz CT molecular complexity index is 1840. The fourth-order valence-electron chi connectivity index (χ4n) is 5.69. The van der Waals surface area contributed by atoms with Crippen LogP contribution in [0.1, 0.15) is 29.9 Å². The molecule has 1 saturated carbocycles. The number of aromatic nitrogens is 1. The van der Waals surface area contributed by atoms with E-state index in [0.717, 1.165) is 63.4 Å². The number of hydrogen-bond acceptors (Lipinski definition) is 9. The second kappa shape index (κ2) is 14.3. The van der Waals surface area contributed by atoms with Crippen molar-refractivity contribution in [3.05, 3.63) is 83.0 Å². The van der Waals surface area contributed by atoms with Gasteiger partial charge in [0.15, 0.2) is 0 Å². The van der Waals surface area contributed by atoms with E-state index < -0.39 is 30.0 Å². The predicted octanol–water partition coefficient (Wildman–Crippen LogP) is 5.04. The number of carbonyl (C=O) groups excluding carboxylic acids is 1. The Morgan fingerprint density at radius 1 is 0.891 bits per heavy atom. The van der Waals surface area contributed by atoms with E-state index in [0.29, 0.717) is 16.0 Å². The molecular formula is C30H32Cl2N4O8S2. The van der Waals surface area contributed by atoms with Crippen molar-refractivity contribution in [2.24, 2.45) is 5.92 Å². The molecule has 6 rings (SSSR count). The lowest BCUT2D eigenvalue weighted by atomic mass is 9.78. The zero-order chi connectivity index (χ0) is 33.1. The first kappa shape index (κ1) is 34.1. The number of piperazine rings is 1. The Balaban J connectivity index is 0.000000200. The lowest BCUT2D eigenvalue weighted by molar-refractivity contribution is 0.0842. The van der Waals surface area contributed by atoms with Gasteiger partial charge in [0.05, 0.1) is 21.9 Å². The molecule has 0 unspecified atom stereocenters. The zero-order valence-electron chi connectivity index (χ0n) is 24.4. The van der Waals surface area contributed by atoms with Crippen molar-refractivity contribution in [1.29, 1.82) is 0 Å². The molecule has 246 valence electrons. The molecule has 12 nitrogen and oxygen atoms in total. The van der Waals surface area contributed by atoms with Crippen molar-refractivity contribution in [2.75, 3.05) is 37.6 Å². The summed E-state index contributed by atoms with van der Waals surface area (Å²) in [4.78, 5) is 19.8. The summed E-state index contributed by atoms with van der Waals surface area (Å²) in [5.41, 5.74) is 1.03. The minimum Gasteiger partial charge on any atom is -0.441 e. The molecule has 2 aliphatic rings. The maximum absolute atomic E-state index is 11.9. The molecular weight excluding hydrogens is 679 g/mol. The Hall–Kier alpha value is -3.24. The van der Waals surface area contributed by atoms with E-state index in [1.54, 1.807) is 0 Å². The monoisotopic (exact) mass is 710 g/mol. The van der Waals surface area contributed by atoms with E-state index in [2.05, 4.69) is 20.1 Å². The van der Waals surface area contributed by atoms with Gasteiger partial charge in [-0.15, -0.1) is 0 Å². The normalized spacial score (nSPS) is 18.8. The van der Waals surface area contributed by atoms with Crippen LogP contribution in [0, 0.1) is 5.92 Å². The third-order valence-corrected chi connectivity index (χ3v) is 10.7. The molecule has 0 atom stereocenters. The van der Waals surface area contributed by atoms with E-state index in [1.165, 1.54) is 43.1 Å². The molecule has 2 fully saturated rings. The van der Waals surface area contributed by atoms with Crippen LogP contribution in [0.3, 0.4) is 0 Å². The van der Waals surface area contributed by atoms with Gasteiger partial charge in [-0.3, -0.25) is 18.8 Å². The van der Waals surface area contributed by atoms with Gasteiger partial charge in [0.25, 0.3) is 26.1 Å². The van der Waals surface area contributed by atoms with E-state index >= 15 is 0 Å². The second-order valence-electron chi connectivity index (χ2n) is 11.1. The van der Waals surface area contributed by atoms with Gasteiger partial charge in [0.2, 0.25) is 0 Å². The van der Waals surface area contributed by atoms with Gasteiger partial charge in [-0.05, 0) is 56.0 Å². The summed E-state index contributed by atoms with van der Waals surface area (Å²) in [5, 5.41) is 4.28. The van der Waals surface area contributed by atoms with Crippen LogP contribution in [0.15, 0.2) is 81.3 Å². The van der Waals surface area contributed by atoms with Crippen molar-refractivity contribution in [1.82, 2.24) is 15.2 Å². The number of fused-ring (bicyclic) bond motifs is 1. The lowest BCUT2D eigenvalue weighted by Crippen LogP contribution is -2.48. The van der Waals surface area contributed by atoms with Gasteiger partial charge in [0.1, 0.15) is 16.1 Å². The molecule has 4 aromatic rings. The summed E-state index contributed by atoms with van der Waals surface area (Å²) in [5.74, 6) is 0.598. The van der Waals surface area contributed by atoms with Gasteiger partial charge in [-0.2, -0.15) is 16.8 Å². The molecule has 1 amide bonds. The van der Waals surface area contributed by atoms with Crippen LogP contribution in [0.25, 0.3) is 10.8 Å². The molecule has 2 heterocycles. The topological polar surface area (TPSA) is 170 Å². The van der Waals surface area contributed by atoms with Crippen LogP contribution < -0.4 is 10.2 Å². The maximum Gasteiger partial charge on any atom is 0.307 e. The number of nitrogens with one attached hydrogen (secondary N) is 1. The number of amides is 1. The van der Waals surface area contributed by atoms with Crippen LogP contribution in [-0.2, 0) is 20.2 Å². The Kier molecular flexibility index (Phi) is 10.6. The quantitative estimate of drug-likeness (QED) is 0.210. The number of hydrogen-bond donors (Lipinski definition) is 3. The molecule has 3 N–H and O–H groups in total. The van der Waals surface area contributed by atoms with Crippen molar-refractivity contribution in [3.63, 3.8) is 0 Å². The van der Waals surface area contributed by atoms with E-state index in [4.69, 9.17) is 36.7 Å². The summed E-state index contributed by atoms with van der Waals surface area (Å²) in [6.45, 7) is 5.07. The summed E-state index contributed by atoms with van der Waals surface area (Å²) in [6.07, 6.45) is 6.13. The smallest absolute Gasteiger partial charge is 0.307 e. The number of anilines is 1. The van der Waals surface area contributed by atoms with E-state index in [-0.39, 0.29) is 28.6 Å². The molecule has 0 bridgehead atoms. The third kappa shape index (κ3) is 8.18. The number of halogens is 2. The number of rotatable bonds is 8. The first-order valence-electron chi connectivity index (χ1n) is 14.4. The molecule has 0 radical (unpaired) electrons. The minimum atomic E-state index is -4.47. The second-order valence-corrected chi connectivity index (χ2v) is 14.7. The van der Waals surface area contributed by atoms with Crippen molar-refractivity contribution >= 4 is 65.8 Å². The van der Waals surface area contributed by atoms with Crippen LogP contribution in [0.5, 0.6) is 0 Å². The van der Waals surface area contributed by atoms with Crippen molar-refractivity contribution in [3.8, 4) is 0 Å². The summed E-state index contributed by atoms with van der Waals surface area (Å²) in [6, 6.07) is 13.6. The molecule has 16 heteroatoms. The van der Waals surface area contributed by atoms with Crippen molar-refractivity contribution in [2.45, 2.75) is 35.1 Å². The minimum absolute atomic E-state index is 0.0233. The number of nitrogens with zero attached hydrogens (tertiary/aromatic N) is 3. The fourth-order valence-corrected chi connectivity index (χ4v) is 7.52. The average molecular weight is 712 g/mol. The fraction of sp³-hybridized carbons (Fsp3) is 0.333.